The molecule has 0 saturated heterocycles. The third-order valence-corrected chi connectivity index (χ3v) is 4.18. The first-order valence-corrected chi connectivity index (χ1v) is 6.81. The van der Waals surface area contributed by atoms with Gasteiger partial charge in [0.05, 0.1) is 0 Å². The molecule has 0 spiro atoms. The lowest BCUT2D eigenvalue weighted by atomic mass is 9.84. The number of nitrogens with one attached hydrogen (secondary N) is 1. The van der Waals surface area contributed by atoms with Crippen molar-refractivity contribution in [2.75, 3.05) is 12.4 Å². The van der Waals surface area contributed by atoms with Crippen LogP contribution in [0.4, 0.5) is 8.78 Å². The average Bonchev–Trinajstić information content (AvgIpc) is 2.38. The van der Waals surface area contributed by atoms with Crippen LogP contribution in [0.1, 0.15) is 32.3 Å². The van der Waals surface area contributed by atoms with Gasteiger partial charge in [-0.05, 0) is 24.3 Å². The summed E-state index contributed by atoms with van der Waals surface area (Å²) in [6.45, 7) is 5.34. The van der Waals surface area contributed by atoms with E-state index in [0.29, 0.717) is 18.0 Å². The average molecular weight is 276 g/mol. The lowest BCUT2D eigenvalue weighted by Gasteiger charge is -2.29. The lowest BCUT2D eigenvalue weighted by Crippen LogP contribution is -2.34. The number of hydrogen-bond acceptors (Lipinski definition) is 1. The van der Waals surface area contributed by atoms with Crippen molar-refractivity contribution >= 4 is 11.6 Å². The van der Waals surface area contributed by atoms with E-state index in [2.05, 4.69) is 19.2 Å². The lowest BCUT2D eigenvalue weighted by molar-refractivity contribution is 0.285. The topological polar surface area (TPSA) is 12.0 Å². The van der Waals surface area contributed by atoms with Crippen molar-refractivity contribution in [3.05, 3.63) is 35.4 Å². The highest BCUT2D eigenvalue weighted by Gasteiger charge is 2.24. The van der Waals surface area contributed by atoms with E-state index in [-0.39, 0.29) is 5.41 Å². The molecule has 0 aromatic heterocycles. The minimum Gasteiger partial charge on any atom is -0.312 e. The molecule has 1 aromatic carbocycles. The van der Waals surface area contributed by atoms with Gasteiger partial charge in [-0.2, -0.15) is 0 Å². The zero-order valence-electron chi connectivity index (χ0n) is 10.9. The van der Waals surface area contributed by atoms with Crippen LogP contribution >= 0.6 is 11.6 Å². The Morgan fingerprint density at radius 3 is 2.39 bits per heavy atom. The van der Waals surface area contributed by atoms with Gasteiger partial charge in [0.25, 0.3) is 0 Å². The van der Waals surface area contributed by atoms with E-state index in [1.54, 1.807) is 0 Å². The molecule has 0 saturated carbocycles. The largest absolute Gasteiger partial charge is 0.312 e. The van der Waals surface area contributed by atoms with Gasteiger partial charge in [-0.25, -0.2) is 8.78 Å². The highest BCUT2D eigenvalue weighted by Crippen LogP contribution is 2.27. The van der Waals surface area contributed by atoms with Crippen molar-refractivity contribution in [3.8, 4) is 0 Å². The van der Waals surface area contributed by atoms with Crippen molar-refractivity contribution < 1.29 is 8.78 Å². The third-order valence-electron chi connectivity index (χ3n) is 3.61. The van der Waals surface area contributed by atoms with Gasteiger partial charge in [0.2, 0.25) is 0 Å². The first kappa shape index (κ1) is 15.4. The third kappa shape index (κ3) is 3.92. The molecule has 0 radical (unpaired) electrons. The van der Waals surface area contributed by atoms with Crippen molar-refractivity contribution in [1.82, 2.24) is 5.32 Å². The molecule has 1 nitrogen and oxygen atoms in total. The number of halogens is 3. The summed E-state index contributed by atoms with van der Waals surface area (Å²) >= 11 is 5.99. The fraction of sp³-hybridized carbons (Fsp3) is 0.571. The summed E-state index contributed by atoms with van der Waals surface area (Å²) in [5.74, 6) is -0.473. The Morgan fingerprint density at radius 2 is 1.89 bits per heavy atom. The van der Waals surface area contributed by atoms with E-state index >= 15 is 0 Å². The zero-order valence-corrected chi connectivity index (χ0v) is 11.7. The molecule has 0 aliphatic rings. The summed E-state index contributed by atoms with van der Waals surface area (Å²) < 4.78 is 26.2. The summed E-state index contributed by atoms with van der Waals surface area (Å²) in [5, 5.41) is 3.21. The zero-order chi connectivity index (χ0) is 13.6. The molecule has 1 N–H and O–H groups in total. The van der Waals surface area contributed by atoms with Crippen LogP contribution in [0, 0.1) is 17.0 Å². The molecular formula is C14H20ClF2N. The van der Waals surface area contributed by atoms with E-state index in [9.17, 15) is 8.78 Å². The smallest absolute Gasteiger partial charge is 0.130 e. The minimum absolute atomic E-state index is 0.0536. The summed E-state index contributed by atoms with van der Waals surface area (Å²) in [5.41, 5.74) is 0.532. The van der Waals surface area contributed by atoms with Crippen LogP contribution in [0.2, 0.25) is 0 Å². The van der Waals surface area contributed by atoms with Crippen LogP contribution in [0.25, 0.3) is 0 Å². The van der Waals surface area contributed by atoms with E-state index in [4.69, 9.17) is 11.6 Å². The summed E-state index contributed by atoms with van der Waals surface area (Å²) in [6.07, 6.45) is 1.96. The summed E-state index contributed by atoms with van der Waals surface area (Å²) in [4.78, 5) is 0. The van der Waals surface area contributed by atoms with Gasteiger partial charge in [-0.3, -0.25) is 0 Å². The van der Waals surface area contributed by atoms with E-state index < -0.39 is 11.6 Å². The van der Waals surface area contributed by atoms with Crippen LogP contribution in [0.15, 0.2) is 18.2 Å². The fourth-order valence-electron chi connectivity index (χ4n) is 1.86. The highest BCUT2D eigenvalue weighted by atomic mass is 35.5. The first-order valence-electron chi connectivity index (χ1n) is 6.27. The molecule has 0 fully saturated rings. The highest BCUT2D eigenvalue weighted by molar-refractivity contribution is 6.18. The molecule has 1 aromatic rings. The van der Waals surface area contributed by atoms with Gasteiger partial charge in [-0.15, -0.1) is 11.6 Å². The maximum absolute atomic E-state index is 13.4. The minimum atomic E-state index is -0.548. The molecule has 102 valence electrons. The second-order valence-electron chi connectivity index (χ2n) is 4.68. The van der Waals surface area contributed by atoms with Gasteiger partial charge >= 0.3 is 0 Å². The van der Waals surface area contributed by atoms with Crippen molar-refractivity contribution in [3.63, 3.8) is 0 Å². The molecule has 0 aliphatic heterocycles. The number of hydrogen-bond donors (Lipinski definition) is 1. The van der Waals surface area contributed by atoms with Crippen LogP contribution in [-0.2, 0) is 6.54 Å². The van der Waals surface area contributed by atoms with Gasteiger partial charge in [0.1, 0.15) is 11.6 Å². The van der Waals surface area contributed by atoms with Crippen LogP contribution < -0.4 is 5.32 Å². The second-order valence-corrected chi connectivity index (χ2v) is 4.95. The Bertz CT molecular complexity index is 370. The van der Waals surface area contributed by atoms with Crippen LogP contribution in [-0.4, -0.2) is 12.4 Å². The van der Waals surface area contributed by atoms with Crippen LogP contribution in [0.3, 0.4) is 0 Å². The summed E-state index contributed by atoms with van der Waals surface area (Å²) in [6, 6.07) is 3.65. The van der Waals surface area contributed by atoms with Gasteiger partial charge in [-0.1, -0.05) is 19.9 Å². The van der Waals surface area contributed by atoms with Crippen LogP contribution in [0.5, 0.6) is 0 Å². The second kappa shape index (κ2) is 7.05. The molecule has 1 rings (SSSR count). The Morgan fingerprint density at radius 1 is 1.22 bits per heavy atom. The summed E-state index contributed by atoms with van der Waals surface area (Å²) in [7, 11) is 0. The van der Waals surface area contributed by atoms with Gasteiger partial charge < -0.3 is 5.32 Å². The number of benzene rings is 1. The SMILES string of the molecule is CCC(CC)(CCl)CNCc1ccc(F)cc1F. The van der Waals surface area contributed by atoms with E-state index in [0.717, 1.165) is 25.5 Å². The number of alkyl halides is 1. The number of rotatable bonds is 7. The fourth-order valence-corrected chi connectivity index (χ4v) is 2.34. The maximum Gasteiger partial charge on any atom is 0.130 e. The molecule has 4 heteroatoms. The normalized spacial score (nSPS) is 11.8. The Hall–Kier alpha value is -0.670. The molecule has 0 aliphatic carbocycles. The predicted octanol–water partition coefficient (Wildman–Crippen LogP) is 4.10. The Labute approximate surface area is 113 Å². The molecule has 0 bridgehead atoms. The van der Waals surface area contributed by atoms with Crippen molar-refractivity contribution in [2.45, 2.75) is 33.2 Å². The molecule has 0 amide bonds. The van der Waals surface area contributed by atoms with E-state index in [1.165, 1.54) is 12.1 Å². The van der Waals surface area contributed by atoms with Gasteiger partial charge in [0, 0.05) is 30.6 Å². The molecular weight excluding hydrogens is 256 g/mol. The maximum atomic E-state index is 13.4. The van der Waals surface area contributed by atoms with Gasteiger partial charge in [0.15, 0.2) is 0 Å². The quantitative estimate of drug-likeness (QED) is 0.739. The molecule has 0 unspecified atom stereocenters. The first-order chi connectivity index (χ1) is 8.56. The molecule has 18 heavy (non-hydrogen) atoms. The monoisotopic (exact) mass is 275 g/mol. The molecule has 0 atom stereocenters. The van der Waals surface area contributed by atoms with E-state index in [1.807, 2.05) is 0 Å². The standard InChI is InChI=1S/C14H20ClF2N/c1-3-14(4-2,9-15)10-18-8-11-5-6-12(16)7-13(11)17/h5-7,18H,3-4,8-10H2,1-2H3. The predicted molar refractivity (Wildman–Crippen MR) is 71.8 cm³/mol. The molecule has 0 heterocycles. The van der Waals surface area contributed by atoms with Crippen molar-refractivity contribution in [2.24, 2.45) is 5.41 Å². The Kier molecular flexibility index (Phi) is 6.03. The Balaban J connectivity index is 2.55. The van der Waals surface area contributed by atoms with Crippen molar-refractivity contribution in [1.29, 1.82) is 0 Å².